The largest absolute Gasteiger partial charge is 0.435 e. The Labute approximate surface area is 204 Å². The molecule has 1 unspecified atom stereocenters. The van der Waals surface area contributed by atoms with Crippen LogP contribution in [-0.2, 0) is 16.5 Å². The third-order valence-corrected chi connectivity index (χ3v) is 6.52. The summed E-state index contributed by atoms with van der Waals surface area (Å²) in [7, 11) is -1.51. The molecule has 0 aliphatic carbocycles. The number of halogens is 7. The number of alkyl halides is 7. The van der Waals surface area contributed by atoms with Crippen molar-refractivity contribution in [3.63, 3.8) is 0 Å². The third-order valence-electron chi connectivity index (χ3n) is 5.40. The van der Waals surface area contributed by atoms with Gasteiger partial charge in [0.2, 0.25) is 5.91 Å². The third kappa shape index (κ3) is 5.40. The van der Waals surface area contributed by atoms with Gasteiger partial charge >= 0.3 is 18.0 Å². The Kier molecular flexibility index (Phi) is 7.99. The van der Waals surface area contributed by atoms with Crippen LogP contribution < -0.4 is 10.6 Å². The number of rotatable bonds is 7. The van der Waals surface area contributed by atoms with E-state index in [1.807, 2.05) is 0 Å². The van der Waals surface area contributed by atoms with Gasteiger partial charge in [-0.25, -0.2) is 4.39 Å². The average molecular weight is 541 g/mol. The first-order chi connectivity index (χ1) is 16.3. The van der Waals surface area contributed by atoms with Crippen molar-refractivity contribution in [2.75, 3.05) is 16.9 Å². The summed E-state index contributed by atoms with van der Waals surface area (Å²) in [5.41, 5.74) is -4.22. The topological polar surface area (TPSA) is 80.5 Å². The predicted octanol–water partition coefficient (Wildman–Crippen LogP) is 5.19. The molecule has 2 aromatic rings. The molecular weight excluding hydrogens is 517 g/mol. The molecule has 2 amide bonds. The van der Waals surface area contributed by atoms with Crippen molar-refractivity contribution in [2.24, 2.45) is 5.73 Å². The summed E-state index contributed by atoms with van der Waals surface area (Å²) in [4.78, 5) is 26.5. The lowest BCUT2D eigenvalue weighted by atomic mass is 9.91. The van der Waals surface area contributed by atoms with Crippen molar-refractivity contribution in [1.29, 1.82) is 0 Å². The predicted molar refractivity (Wildman–Crippen MR) is 121 cm³/mol. The normalized spacial score (nSPS) is 13.9. The highest BCUT2D eigenvalue weighted by Gasteiger charge is 2.73. The standard InChI is InChI=1S/C23H23F7N2O3S/c1-13-11-14(21(24,22(25,26)27)23(28,29)30)9-10-17(13)32(20(2,3)12-36(4)35)19(34)16-8-6-5-7-15(16)18(31)33/h5-11H,12H2,1-4H3,(H2,31,33). The Balaban J connectivity index is 2.80. The molecular formula is C23H23F7N2O3S. The molecule has 2 rings (SSSR count). The minimum atomic E-state index is -6.31. The molecule has 0 aromatic heterocycles. The van der Waals surface area contributed by atoms with E-state index >= 15 is 0 Å². The van der Waals surface area contributed by atoms with Gasteiger partial charge in [0, 0.05) is 34.1 Å². The Morgan fingerprint density at radius 3 is 1.83 bits per heavy atom. The van der Waals surface area contributed by atoms with E-state index in [-0.39, 0.29) is 28.1 Å². The Hall–Kier alpha value is -2.96. The lowest BCUT2D eigenvalue weighted by Crippen LogP contribution is -2.52. The van der Waals surface area contributed by atoms with E-state index in [2.05, 4.69) is 0 Å². The Morgan fingerprint density at radius 2 is 1.42 bits per heavy atom. The van der Waals surface area contributed by atoms with Gasteiger partial charge in [0.1, 0.15) is 0 Å². The Bertz CT molecular complexity index is 1180. The van der Waals surface area contributed by atoms with Crippen LogP contribution in [0.1, 0.15) is 45.7 Å². The summed E-state index contributed by atoms with van der Waals surface area (Å²) in [6.07, 6.45) is -11.3. The van der Waals surface area contributed by atoms with Gasteiger partial charge in [-0.3, -0.25) is 13.8 Å². The minimum Gasteiger partial charge on any atom is -0.366 e. The zero-order chi connectivity index (χ0) is 27.9. The number of hydrogen-bond acceptors (Lipinski definition) is 3. The van der Waals surface area contributed by atoms with E-state index in [9.17, 15) is 44.5 Å². The number of anilines is 1. The molecule has 1 atom stereocenters. The van der Waals surface area contributed by atoms with Gasteiger partial charge in [0.05, 0.1) is 16.7 Å². The molecule has 0 saturated heterocycles. The van der Waals surface area contributed by atoms with Gasteiger partial charge in [-0.15, -0.1) is 0 Å². The molecule has 0 fully saturated rings. The van der Waals surface area contributed by atoms with Crippen LogP contribution in [0.25, 0.3) is 0 Å². The summed E-state index contributed by atoms with van der Waals surface area (Å²) in [5, 5.41) is 0. The quantitative estimate of drug-likeness (QED) is 0.491. The molecule has 198 valence electrons. The van der Waals surface area contributed by atoms with Crippen LogP contribution in [0.3, 0.4) is 0 Å². The maximum atomic E-state index is 14.6. The van der Waals surface area contributed by atoms with E-state index in [1.54, 1.807) is 0 Å². The zero-order valence-electron chi connectivity index (χ0n) is 19.6. The second kappa shape index (κ2) is 9.83. The molecule has 2 N–H and O–H groups in total. The van der Waals surface area contributed by atoms with Crippen LogP contribution in [-0.4, -0.2) is 45.9 Å². The van der Waals surface area contributed by atoms with Crippen LogP contribution in [0.2, 0.25) is 0 Å². The van der Waals surface area contributed by atoms with Crippen molar-refractivity contribution in [1.82, 2.24) is 0 Å². The SMILES string of the molecule is Cc1cc(C(F)(C(F)(F)F)C(F)(F)F)ccc1N(C(=O)c1ccccc1C(N)=O)C(C)(C)CS(C)=O. The van der Waals surface area contributed by atoms with E-state index in [1.165, 1.54) is 44.4 Å². The number of carbonyl (C=O) groups excluding carboxylic acids is 2. The number of benzene rings is 2. The zero-order valence-corrected chi connectivity index (χ0v) is 20.4. The molecule has 13 heteroatoms. The van der Waals surface area contributed by atoms with Crippen LogP contribution in [0.15, 0.2) is 42.5 Å². The first-order valence-electron chi connectivity index (χ1n) is 10.2. The van der Waals surface area contributed by atoms with E-state index in [0.29, 0.717) is 12.1 Å². The van der Waals surface area contributed by atoms with Crippen molar-refractivity contribution in [2.45, 2.75) is 44.3 Å². The maximum Gasteiger partial charge on any atom is 0.435 e. The maximum absolute atomic E-state index is 14.6. The van der Waals surface area contributed by atoms with E-state index in [4.69, 9.17) is 5.73 Å². The van der Waals surface area contributed by atoms with Crippen LogP contribution in [0, 0.1) is 6.92 Å². The summed E-state index contributed by atoms with van der Waals surface area (Å²) < 4.78 is 106. The van der Waals surface area contributed by atoms with E-state index < -0.39 is 51.7 Å². The summed E-state index contributed by atoms with van der Waals surface area (Å²) >= 11 is 0. The van der Waals surface area contributed by atoms with Crippen LogP contribution in [0.4, 0.5) is 36.4 Å². The highest BCUT2D eigenvalue weighted by Crippen LogP contribution is 2.53. The number of primary amides is 1. The number of aryl methyl sites for hydroxylation is 1. The fraction of sp³-hybridized carbons (Fsp3) is 0.391. The smallest absolute Gasteiger partial charge is 0.366 e. The number of carbonyl (C=O) groups is 2. The van der Waals surface area contributed by atoms with Gasteiger partial charge in [0.15, 0.2) is 0 Å². The first-order valence-corrected chi connectivity index (χ1v) is 12.0. The van der Waals surface area contributed by atoms with Gasteiger partial charge in [-0.2, -0.15) is 26.3 Å². The highest BCUT2D eigenvalue weighted by atomic mass is 32.2. The molecule has 36 heavy (non-hydrogen) atoms. The Morgan fingerprint density at radius 1 is 0.917 bits per heavy atom. The molecule has 0 bridgehead atoms. The lowest BCUT2D eigenvalue weighted by Gasteiger charge is -2.40. The van der Waals surface area contributed by atoms with Crippen molar-refractivity contribution in [3.05, 3.63) is 64.7 Å². The number of amides is 2. The highest BCUT2D eigenvalue weighted by molar-refractivity contribution is 7.84. The summed E-state index contributed by atoms with van der Waals surface area (Å²) in [6, 6.07) is 6.78. The van der Waals surface area contributed by atoms with Crippen LogP contribution >= 0.6 is 0 Å². The molecule has 0 aliphatic rings. The fourth-order valence-corrected chi connectivity index (χ4v) is 5.01. The van der Waals surface area contributed by atoms with Crippen molar-refractivity contribution >= 4 is 28.3 Å². The molecule has 0 radical (unpaired) electrons. The van der Waals surface area contributed by atoms with Gasteiger partial charge in [0.25, 0.3) is 5.91 Å². The van der Waals surface area contributed by atoms with Crippen LogP contribution in [0.5, 0.6) is 0 Å². The molecule has 0 heterocycles. The average Bonchev–Trinajstić information content (AvgIpc) is 2.71. The molecule has 5 nitrogen and oxygen atoms in total. The summed E-state index contributed by atoms with van der Waals surface area (Å²) in [5.74, 6) is -1.99. The molecule has 2 aromatic carbocycles. The molecule has 0 spiro atoms. The van der Waals surface area contributed by atoms with Gasteiger partial charge in [-0.05, 0) is 44.5 Å². The minimum absolute atomic E-state index is 0.156. The van der Waals surface area contributed by atoms with Crippen molar-refractivity contribution in [3.8, 4) is 0 Å². The molecule has 0 saturated carbocycles. The summed E-state index contributed by atoms with van der Waals surface area (Å²) in [6.45, 7) is 4.04. The number of nitrogens with zero attached hydrogens (tertiary/aromatic N) is 1. The number of nitrogens with two attached hydrogens (primary N) is 1. The second-order valence-corrected chi connectivity index (χ2v) is 10.2. The van der Waals surface area contributed by atoms with Crippen molar-refractivity contribution < 1.29 is 44.5 Å². The second-order valence-electron chi connectivity index (χ2n) is 8.74. The van der Waals surface area contributed by atoms with E-state index in [0.717, 1.165) is 17.9 Å². The van der Waals surface area contributed by atoms with Gasteiger partial charge in [-0.1, -0.05) is 24.3 Å². The van der Waals surface area contributed by atoms with Gasteiger partial charge < -0.3 is 10.6 Å². The monoisotopic (exact) mass is 540 g/mol. The number of hydrogen-bond donors (Lipinski definition) is 1. The lowest BCUT2D eigenvalue weighted by molar-refractivity contribution is -0.348. The molecule has 0 aliphatic heterocycles. The first kappa shape index (κ1) is 29.3. The fourth-order valence-electron chi connectivity index (χ4n) is 3.89.